The minimum Gasteiger partial charge on any atom is -0.480 e. The monoisotopic (exact) mass is 345 g/mol. The van der Waals surface area contributed by atoms with Gasteiger partial charge in [0.25, 0.3) is 5.09 Å². The molecule has 0 aliphatic carbocycles. The van der Waals surface area contributed by atoms with Crippen molar-refractivity contribution < 1.29 is 20.2 Å². The number of nitrogens with one attached hydrogen (secondary N) is 1. The number of nitrogens with zero attached hydrogens (tertiary/aromatic N) is 1. The van der Waals surface area contributed by atoms with Crippen LogP contribution in [0.3, 0.4) is 0 Å². The Morgan fingerprint density at radius 3 is 2.24 bits per heavy atom. The van der Waals surface area contributed by atoms with Gasteiger partial charge in [-0.3, -0.25) is 4.79 Å². The van der Waals surface area contributed by atoms with Crippen LogP contribution >= 0.6 is 0 Å². The van der Waals surface area contributed by atoms with E-state index in [2.05, 4.69) is 23.2 Å². The summed E-state index contributed by atoms with van der Waals surface area (Å²) in [6.07, 6.45) is 2.33. The normalized spacial score (nSPS) is 10.6. The molecular formula is C17H19N3O5. The van der Waals surface area contributed by atoms with Crippen LogP contribution < -0.4 is 5.73 Å². The van der Waals surface area contributed by atoms with Gasteiger partial charge < -0.3 is 21.0 Å². The molecule has 1 aromatic heterocycles. The molecule has 0 aliphatic heterocycles. The number of benzene rings is 2. The molecule has 0 unspecified atom stereocenters. The van der Waals surface area contributed by atoms with E-state index >= 15 is 0 Å². The molecule has 0 spiro atoms. The quantitative estimate of drug-likeness (QED) is 0.424. The number of hydrogen-bond donors (Lipinski definition) is 4. The Kier molecular flexibility index (Phi) is 8.17. The first-order chi connectivity index (χ1) is 11.9. The van der Waals surface area contributed by atoms with Gasteiger partial charge in [0.1, 0.15) is 6.04 Å². The molecule has 0 saturated heterocycles. The van der Waals surface area contributed by atoms with Gasteiger partial charge in [-0.15, -0.1) is 10.1 Å². The van der Waals surface area contributed by atoms with Gasteiger partial charge in [-0.25, -0.2) is 0 Å². The summed E-state index contributed by atoms with van der Waals surface area (Å²) in [6, 6.07) is 18.8. The summed E-state index contributed by atoms with van der Waals surface area (Å²) in [7, 11) is 0. The van der Waals surface area contributed by atoms with E-state index in [1.807, 2.05) is 48.7 Å². The molecule has 3 rings (SSSR count). The molecule has 3 aromatic rings. The van der Waals surface area contributed by atoms with E-state index in [0.717, 1.165) is 5.56 Å². The lowest BCUT2D eigenvalue weighted by Gasteiger charge is -2.04. The first-order valence-corrected chi connectivity index (χ1v) is 7.28. The van der Waals surface area contributed by atoms with Crippen LogP contribution in [0.1, 0.15) is 5.56 Å². The number of aromatic amines is 1. The van der Waals surface area contributed by atoms with Crippen LogP contribution in [0.15, 0.2) is 66.9 Å². The third-order valence-electron chi connectivity index (χ3n) is 3.08. The predicted octanol–water partition coefficient (Wildman–Crippen LogP) is 2.46. The number of aromatic nitrogens is 1. The highest BCUT2D eigenvalue weighted by Crippen LogP contribution is 2.09. The summed E-state index contributed by atoms with van der Waals surface area (Å²) in [4.78, 5) is 21.9. The molecule has 8 heteroatoms. The smallest absolute Gasteiger partial charge is 0.320 e. The van der Waals surface area contributed by atoms with E-state index < -0.39 is 17.1 Å². The molecule has 0 bridgehead atoms. The molecule has 0 saturated carbocycles. The SMILES string of the molecule is N[C@@H](Cc1ccccc1)C(=O)O.O=[N+]([O-])O.c1ccc2[nH]ccc2c1. The van der Waals surface area contributed by atoms with Crippen LogP contribution in [0.5, 0.6) is 0 Å². The number of hydrogen-bond acceptors (Lipinski definition) is 4. The van der Waals surface area contributed by atoms with Gasteiger partial charge in [0.15, 0.2) is 0 Å². The molecule has 0 aliphatic rings. The van der Waals surface area contributed by atoms with Gasteiger partial charge in [-0.2, -0.15) is 0 Å². The molecule has 132 valence electrons. The fraction of sp³-hybridized carbons (Fsp3) is 0.118. The summed E-state index contributed by atoms with van der Waals surface area (Å²) in [5.74, 6) is -0.959. The summed E-state index contributed by atoms with van der Waals surface area (Å²) in [6.45, 7) is 0. The molecule has 2 aromatic carbocycles. The van der Waals surface area contributed by atoms with E-state index in [-0.39, 0.29) is 0 Å². The van der Waals surface area contributed by atoms with E-state index in [1.165, 1.54) is 10.9 Å². The van der Waals surface area contributed by atoms with Crippen LogP contribution in [-0.2, 0) is 11.2 Å². The lowest BCUT2D eigenvalue weighted by atomic mass is 10.1. The van der Waals surface area contributed by atoms with Gasteiger partial charge in [-0.05, 0) is 29.5 Å². The maximum Gasteiger partial charge on any atom is 0.320 e. The Balaban J connectivity index is 0.000000211. The van der Waals surface area contributed by atoms with Gasteiger partial charge in [-0.1, -0.05) is 48.5 Å². The average molecular weight is 345 g/mol. The number of carboxylic acids is 1. The van der Waals surface area contributed by atoms with Crippen molar-refractivity contribution in [3.63, 3.8) is 0 Å². The van der Waals surface area contributed by atoms with Crippen molar-refractivity contribution in [2.45, 2.75) is 12.5 Å². The van der Waals surface area contributed by atoms with E-state index in [9.17, 15) is 4.79 Å². The second-order valence-corrected chi connectivity index (χ2v) is 4.94. The molecule has 0 amide bonds. The highest BCUT2D eigenvalue weighted by Gasteiger charge is 2.10. The fourth-order valence-corrected chi connectivity index (χ4v) is 1.95. The number of para-hydroxylation sites is 1. The van der Waals surface area contributed by atoms with Crippen molar-refractivity contribution in [1.82, 2.24) is 4.98 Å². The zero-order chi connectivity index (χ0) is 18.7. The zero-order valence-electron chi connectivity index (χ0n) is 13.3. The minimum absolute atomic E-state index is 0.385. The minimum atomic E-state index is -1.50. The largest absolute Gasteiger partial charge is 0.480 e. The third-order valence-corrected chi connectivity index (χ3v) is 3.08. The molecule has 25 heavy (non-hydrogen) atoms. The Hall–Kier alpha value is -3.39. The maximum atomic E-state index is 10.4. The average Bonchev–Trinajstić information content (AvgIpc) is 3.04. The number of carbonyl (C=O) groups is 1. The molecule has 0 radical (unpaired) electrons. The van der Waals surface area contributed by atoms with Crippen molar-refractivity contribution in [1.29, 1.82) is 0 Å². The maximum absolute atomic E-state index is 10.4. The number of carboxylic acid groups (broad SMARTS) is 1. The lowest BCUT2D eigenvalue weighted by Crippen LogP contribution is -2.32. The summed E-state index contributed by atoms with van der Waals surface area (Å²) in [5.41, 5.74) is 7.51. The van der Waals surface area contributed by atoms with Crippen molar-refractivity contribution in [2.75, 3.05) is 0 Å². The van der Waals surface area contributed by atoms with Crippen LogP contribution in [-0.4, -0.2) is 32.4 Å². The Morgan fingerprint density at radius 1 is 1.12 bits per heavy atom. The molecule has 0 fully saturated rings. The molecule has 8 nitrogen and oxygen atoms in total. The number of H-pyrrole nitrogens is 1. The van der Waals surface area contributed by atoms with Gasteiger partial charge in [0.05, 0.1) is 0 Å². The van der Waals surface area contributed by atoms with Crippen LogP contribution in [0.25, 0.3) is 10.9 Å². The van der Waals surface area contributed by atoms with E-state index in [1.54, 1.807) is 0 Å². The van der Waals surface area contributed by atoms with E-state index in [4.69, 9.17) is 26.2 Å². The van der Waals surface area contributed by atoms with Crippen molar-refractivity contribution in [3.8, 4) is 0 Å². The first kappa shape index (κ1) is 19.7. The Bertz CT molecular complexity index is 755. The van der Waals surface area contributed by atoms with E-state index in [0.29, 0.717) is 6.42 Å². The van der Waals surface area contributed by atoms with Crippen LogP contribution in [0.4, 0.5) is 0 Å². The lowest BCUT2D eigenvalue weighted by molar-refractivity contribution is -0.742. The second kappa shape index (κ2) is 10.4. The molecule has 5 N–H and O–H groups in total. The number of aliphatic carboxylic acids is 1. The first-order valence-electron chi connectivity index (χ1n) is 7.28. The van der Waals surface area contributed by atoms with Gasteiger partial charge in [0, 0.05) is 11.7 Å². The second-order valence-electron chi connectivity index (χ2n) is 4.94. The van der Waals surface area contributed by atoms with Gasteiger partial charge in [0.2, 0.25) is 0 Å². The third kappa shape index (κ3) is 8.14. The Labute approximate surface area is 143 Å². The summed E-state index contributed by atoms with van der Waals surface area (Å²) in [5, 5.41) is 23.4. The highest BCUT2D eigenvalue weighted by atomic mass is 16.9. The molecule has 1 heterocycles. The van der Waals surface area contributed by atoms with Gasteiger partial charge >= 0.3 is 5.97 Å². The summed E-state index contributed by atoms with van der Waals surface area (Å²) < 4.78 is 0. The number of nitrogens with two attached hydrogens (primary N) is 1. The fourth-order valence-electron chi connectivity index (χ4n) is 1.95. The zero-order valence-corrected chi connectivity index (χ0v) is 13.3. The summed E-state index contributed by atoms with van der Waals surface area (Å²) >= 11 is 0. The van der Waals surface area contributed by atoms with Crippen LogP contribution in [0.2, 0.25) is 0 Å². The van der Waals surface area contributed by atoms with Crippen molar-refractivity contribution >= 4 is 16.9 Å². The molecular weight excluding hydrogens is 326 g/mol. The Morgan fingerprint density at radius 2 is 1.68 bits per heavy atom. The molecule has 1 atom stereocenters. The van der Waals surface area contributed by atoms with Crippen molar-refractivity contribution in [3.05, 3.63) is 82.5 Å². The predicted molar refractivity (Wildman–Crippen MR) is 92.8 cm³/mol. The number of rotatable bonds is 3. The number of fused-ring (bicyclic) bond motifs is 1. The van der Waals surface area contributed by atoms with Crippen LogP contribution in [0, 0.1) is 10.1 Å². The topological polar surface area (TPSA) is 142 Å². The van der Waals surface area contributed by atoms with Crippen molar-refractivity contribution in [2.24, 2.45) is 5.73 Å². The highest BCUT2D eigenvalue weighted by molar-refractivity contribution is 5.78. The standard InChI is InChI=1S/C9H11NO2.C8H7N.HNO3/c10-8(9(11)12)6-7-4-2-1-3-5-7;1-2-4-8-7(3-1)5-6-9-8;2-1(3)4/h1-5,8H,6,10H2,(H,11,12);1-6,9H;(H,2,3,4)/t8-;;/m0../s1.